The highest BCUT2D eigenvalue weighted by molar-refractivity contribution is 8.27. The fraction of sp³-hybridized carbons (Fsp3) is 0.105. The molecule has 0 unspecified atom stereocenters. The van der Waals surface area contributed by atoms with Gasteiger partial charge in [-0.05, 0) is 35.9 Å². The Morgan fingerprint density at radius 1 is 1.22 bits per heavy atom. The molecule has 138 valence electrons. The van der Waals surface area contributed by atoms with E-state index in [1.165, 1.54) is 17.0 Å². The van der Waals surface area contributed by atoms with Crippen molar-refractivity contribution in [1.82, 2.24) is 0 Å². The van der Waals surface area contributed by atoms with Crippen LogP contribution in [0.1, 0.15) is 12.0 Å². The number of ether oxygens (including phenoxy) is 1. The van der Waals surface area contributed by atoms with Gasteiger partial charge in [0.05, 0.1) is 23.6 Å². The highest BCUT2D eigenvalue weighted by Crippen LogP contribution is 2.37. The quantitative estimate of drug-likeness (QED) is 0.579. The van der Waals surface area contributed by atoms with Crippen molar-refractivity contribution < 1.29 is 23.8 Å². The second-order valence-electron chi connectivity index (χ2n) is 5.53. The van der Waals surface area contributed by atoms with Crippen LogP contribution < -0.4 is 9.64 Å². The summed E-state index contributed by atoms with van der Waals surface area (Å²) < 4.78 is 19.6. The summed E-state index contributed by atoms with van der Waals surface area (Å²) in [5, 5.41) is 8.60. The number of carboxylic acid groups (broad SMARTS) is 1. The maximum absolute atomic E-state index is 14.0. The summed E-state index contributed by atoms with van der Waals surface area (Å²) in [7, 11) is 0. The van der Waals surface area contributed by atoms with Crippen LogP contribution in [-0.2, 0) is 9.59 Å². The molecule has 1 saturated heterocycles. The molecule has 0 atom stereocenters. The number of aliphatic carboxylic acids is 1. The summed E-state index contributed by atoms with van der Waals surface area (Å²) in [6, 6.07) is 12.8. The summed E-state index contributed by atoms with van der Waals surface area (Å²) in [5.74, 6) is -1.29. The highest BCUT2D eigenvalue weighted by atomic mass is 32.2. The number of amides is 1. The third-order valence-corrected chi connectivity index (χ3v) is 4.95. The molecule has 1 N–H and O–H groups in total. The standard InChI is InChI=1S/C19H14FNO4S2/c20-14-3-1-2-4-15(14)21-18(24)16(27-19(21)26)11-12-5-7-13(8-6-12)25-10-9-17(22)23/h1-8,11H,9-10H2,(H,22,23)/b16-11+. The van der Waals surface area contributed by atoms with E-state index >= 15 is 0 Å². The van der Waals surface area contributed by atoms with Crippen molar-refractivity contribution in [1.29, 1.82) is 0 Å². The predicted molar refractivity (Wildman–Crippen MR) is 106 cm³/mol. The van der Waals surface area contributed by atoms with Gasteiger partial charge >= 0.3 is 5.97 Å². The number of anilines is 1. The van der Waals surface area contributed by atoms with E-state index < -0.39 is 11.8 Å². The number of thioether (sulfide) groups is 1. The van der Waals surface area contributed by atoms with Crippen molar-refractivity contribution in [2.45, 2.75) is 6.42 Å². The molecule has 2 aromatic carbocycles. The van der Waals surface area contributed by atoms with Gasteiger partial charge in [-0.25, -0.2) is 4.39 Å². The first-order valence-electron chi connectivity index (χ1n) is 7.93. The lowest BCUT2D eigenvalue weighted by molar-refractivity contribution is -0.137. The minimum absolute atomic E-state index is 0.0793. The first-order chi connectivity index (χ1) is 13.0. The first-order valence-corrected chi connectivity index (χ1v) is 9.15. The number of carbonyl (C=O) groups excluding carboxylic acids is 1. The lowest BCUT2D eigenvalue weighted by Crippen LogP contribution is -2.28. The molecular formula is C19H14FNO4S2. The minimum atomic E-state index is -0.927. The zero-order valence-corrected chi connectivity index (χ0v) is 15.6. The van der Waals surface area contributed by atoms with Gasteiger partial charge in [0, 0.05) is 0 Å². The molecule has 1 fully saturated rings. The van der Waals surface area contributed by atoms with Crippen LogP contribution >= 0.6 is 24.0 Å². The molecule has 1 heterocycles. The number of nitrogens with zero attached hydrogens (tertiary/aromatic N) is 1. The average molecular weight is 403 g/mol. The van der Waals surface area contributed by atoms with Gasteiger partial charge in [-0.3, -0.25) is 14.5 Å². The molecule has 0 aliphatic carbocycles. The van der Waals surface area contributed by atoms with Crippen molar-refractivity contribution >= 4 is 51.9 Å². The smallest absolute Gasteiger partial charge is 0.306 e. The molecule has 1 aliphatic heterocycles. The lowest BCUT2D eigenvalue weighted by atomic mass is 10.2. The second-order valence-corrected chi connectivity index (χ2v) is 7.21. The zero-order valence-electron chi connectivity index (χ0n) is 13.9. The van der Waals surface area contributed by atoms with Gasteiger partial charge in [0.1, 0.15) is 11.6 Å². The molecule has 1 amide bonds. The van der Waals surface area contributed by atoms with Crippen molar-refractivity contribution in [3.8, 4) is 5.75 Å². The van der Waals surface area contributed by atoms with Crippen molar-refractivity contribution in [3.05, 3.63) is 64.8 Å². The van der Waals surface area contributed by atoms with E-state index in [4.69, 9.17) is 22.1 Å². The fourth-order valence-corrected chi connectivity index (χ4v) is 3.66. The van der Waals surface area contributed by atoms with Gasteiger partial charge in [0.15, 0.2) is 4.32 Å². The topological polar surface area (TPSA) is 66.8 Å². The number of para-hydroxylation sites is 1. The van der Waals surface area contributed by atoms with E-state index in [0.29, 0.717) is 10.7 Å². The molecular weight excluding hydrogens is 389 g/mol. The number of rotatable bonds is 6. The predicted octanol–water partition coefficient (Wildman–Crippen LogP) is 4.09. The van der Waals surface area contributed by atoms with Crippen LogP contribution in [0.15, 0.2) is 53.4 Å². The third-order valence-electron chi connectivity index (χ3n) is 3.65. The van der Waals surface area contributed by atoms with Crippen molar-refractivity contribution in [2.75, 3.05) is 11.5 Å². The second kappa shape index (κ2) is 8.32. The van der Waals surface area contributed by atoms with Crippen LogP contribution in [-0.4, -0.2) is 27.9 Å². The van der Waals surface area contributed by atoms with Crippen molar-refractivity contribution in [3.63, 3.8) is 0 Å². The summed E-state index contributed by atoms with van der Waals surface area (Å²) >= 11 is 6.34. The molecule has 2 aromatic rings. The maximum atomic E-state index is 14.0. The first kappa shape index (κ1) is 19.1. The van der Waals surface area contributed by atoms with Gasteiger partial charge < -0.3 is 9.84 Å². The molecule has 3 rings (SSSR count). The van der Waals surface area contributed by atoms with Crippen LogP contribution in [0.5, 0.6) is 5.75 Å². The lowest BCUT2D eigenvalue weighted by Gasteiger charge is -2.14. The number of carbonyl (C=O) groups is 2. The minimum Gasteiger partial charge on any atom is -0.493 e. The van der Waals surface area contributed by atoms with Crippen LogP contribution in [0.25, 0.3) is 6.08 Å². The zero-order chi connectivity index (χ0) is 19.4. The molecule has 0 spiro atoms. The number of carboxylic acids is 1. The van der Waals surface area contributed by atoms with Crippen LogP contribution in [0.3, 0.4) is 0 Å². The Morgan fingerprint density at radius 3 is 2.59 bits per heavy atom. The Balaban J connectivity index is 1.74. The Morgan fingerprint density at radius 2 is 1.93 bits per heavy atom. The maximum Gasteiger partial charge on any atom is 0.306 e. The van der Waals surface area contributed by atoms with Crippen molar-refractivity contribution in [2.24, 2.45) is 0 Å². The molecule has 0 bridgehead atoms. The number of halogens is 1. The molecule has 5 nitrogen and oxygen atoms in total. The number of thiocarbonyl (C=S) groups is 1. The molecule has 0 radical (unpaired) electrons. The Bertz CT molecular complexity index is 928. The summed E-state index contributed by atoms with van der Waals surface area (Å²) in [5.41, 5.74) is 0.875. The third kappa shape index (κ3) is 4.53. The molecule has 0 aromatic heterocycles. The van der Waals surface area contributed by atoms with E-state index in [1.54, 1.807) is 42.5 Å². The fourth-order valence-electron chi connectivity index (χ4n) is 2.38. The van der Waals surface area contributed by atoms with E-state index in [2.05, 4.69) is 0 Å². The Labute approximate surface area is 164 Å². The number of benzene rings is 2. The van der Waals surface area contributed by atoms with Gasteiger partial charge in [-0.15, -0.1) is 0 Å². The van der Waals surface area contributed by atoms with E-state index in [-0.39, 0.29) is 28.9 Å². The average Bonchev–Trinajstić information content (AvgIpc) is 2.90. The number of hydrogen-bond acceptors (Lipinski definition) is 5. The van der Waals surface area contributed by atoms with Crippen LogP contribution in [0, 0.1) is 5.82 Å². The number of hydrogen-bond donors (Lipinski definition) is 1. The highest BCUT2D eigenvalue weighted by Gasteiger charge is 2.34. The van der Waals surface area contributed by atoms with Gasteiger partial charge in [-0.1, -0.05) is 48.2 Å². The van der Waals surface area contributed by atoms with Crippen LogP contribution in [0.2, 0.25) is 0 Å². The van der Waals surface area contributed by atoms with Gasteiger partial charge in [0.25, 0.3) is 5.91 Å². The Hall–Kier alpha value is -2.71. The monoisotopic (exact) mass is 403 g/mol. The molecule has 8 heteroatoms. The van der Waals surface area contributed by atoms with Gasteiger partial charge in [0.2, 0.25) is 0 Å². The molecule has 0 saturated carbocycles. The summed E-state index contributed by atoms with van der Waals surface area (Å²) in [4.78, 5) is 24.7. The summed E-state index contributed by atoms with van der Waals surface area (Å²) in [6.45, 7) is 0.0793. The van der Waals surface area contributed by atoms with Gasteiger partial charge in [-0.2, -0.15) is 0 Å². The molecule has 1 aliphatic rings. The van der Waals surface area contributed by atoms with E-state index in [1.807, 2.05) is 0 Å². The largest absolute Gasteiger partial charge is 0.493 e. The van der Waals surface area contributed by atoms with Crippen LogP contribution in [0.4, 0.5) is 10.1 Å². The SMILES string of the molecule is O=C(O)CCOc1ccc(/C=C2/SC(=S)N(c3ccccc3F)C2=O)cc1. The van der Waals surface area contributed by atoms with E-state index in [9.17, 15) is 14.0 Å². The normalized spacial score (nSPS) is 15.4. The van der Waals surface area contributed by atoms with E-state index in [0.717, 1.165) is 17.3 Å². The molecule has 27 heavy (non-hydrogen) atoms. The Kier molecular flexibility index (Phi) is 5.88. The summed E-state index contributed by atoms with van der Waals surface area (Å²) in [6.07, 6.45) is 1.58.